The van der Waals surface area contributed by atoms with Gasteiger partial charge in [0, 0.05) is 22.4 Å². The maximum absolute atomic E-state index is 10.5. The molecule has 152 valence electrons. The van der Waals surface area contributed by atoms with E-state index in [4.69, 9.17) is 13.9 Å². The van der Waals surface area contributed by atoms with Crippen molar-refractivity contribution in [3.05, 3.63) is 48.0 Å². The summed E-state index contributed by atoms with van der Waals surface area (Å²) in [5.74, 6) is 3.35. The lowest BCUT2D eigenvalue weighted by Crippen LogP contribution is -2.49. The van der Waals surface area contributed by atoms with Crippen LogP contribution >= 0.6 is 0 Å². The smallest absolute Gasteiger partial charge is 0.135 e. The van der Waals surface area contributed by atoms with Crippen LogP contribution in [0.1, 0.15) is 45.1 Å². The van der Waals surface area contributed by atoms with Gasteiger partial charge in [-0.15, -0.1) is 0 Å². The molecule has 5 rings (SSSR count). The summed E-state index contributed by atoms with van der Waals surface area (Å²) in [5.41, 5.74) is 2.61. The number of furan rings is 1. The Morgan fingerprint density at radius 2 is 1.90 bits per heavy atom. The molecule has 1 aliphatic heterocycles. The largest absolute Gasteiger partial charge is 0.496 e. The molecule has 2 aliphatic rings. The summed E-state index contributed by atoms with van der Waals surface area (Å²) >= 11 is 0. The van der Waals surface area contributed by atoms with Gasteiger partial charge in [0.2, 0.25) is 0 Å². The van der Waals surface area contributed by atoms with Crippen molar-refractivity contribution in [2.24, 2.45) is 11.8 Å². The topological polar surface area (TPSA) is 51.8 Å². The standard InChI is InChI=1S/C25H28O4/c1-14-9-17-18(13-19(14)26)25(2,3)29-23-12-16(11-22(27-4)24(17)23)21-10-15-7-5-6-8-20(15)28-21/h5-8,10-12,14,17-19,26H,9,13H2,1-4H3/t14-,17+,18+,19-/m1/s1. The van der Waals surface area contributed by atoms with Crippen LogP contribution < -0.4 is 9.47 Å². The molecule has 0 spiro atoms. The number of methoxy groups -OCH3 is 1. The van der Waals surface area contributed by atoms with E-state index in [0.29, 0.717) is 5.92 Å². The van der Waals surface area contributed by atoms with Gasteiger partial charge in [0.15, 0.2) is 0 Å². The van der Waals surface area contributed by atoms with E-state index in [1.165, 1.54) is 0 Å². The highest BCUT2D eigenvalue weighted by atomic mass is 16.5. The van der Waals surface area contributed by atoms with Gasteiger partial charge >= 0.3 is 0 Å². The average molecular weight is 392 g/mol. The van der Waals surface area contributed by atoms with Crippen molar-refractivity contribution in [2.45, 2.75) is 51.2 Å². The minimum atomic E-state index is -0.351. The Bertz CT molecular complexity index is 1030. The molecule has 1 N–H and O–H groups in total. The van der Waals surface area contributed by atoms with Crippen LogP contribution in [0.3, 0.4) is 0 Å². The highest BCUT2D eigenvalue weighted by Gasteiger charge is 2.49. The second kappa shape index (κ2) is 6.53. The fraction of sp³-hybridized carbons (Fsp3) is 0.440. The Kier molecular flexibility index (Phi) is 4.18. The summed E-state index contributed by atoms with van der Waals surface area (Å²) in [4.78, 5) is 0. The number of aliphatic hydroxyl groups excluding tert-OH is 1. The van der Waals surface area contributed by atoms with Crippen LogP contribution in [0.2, 0.25) is 0 Å². The second-order valence-corrected chi connectivity index (χ2v) is 9.17. The minimum absolute atomic E-state index is 0.257. The summed E-state index contributed by atoms with van der Waals surface area (Å²) in [6, 6.07) is 14.2. The minimum Gasteiger partial charge on any atom is -0.496 e. The molecule has 1 aromatic heterocycles. The number of hydrogen-bond acceptors (Lipinski definition) is 4. The first-order valence-corrected chi connectivity index (χ1v) is 10.5. The van der Waals surface area contributed by atoms with E-state index in [2.05, 4.69) is 45.0 Å². The zero-order valence-corrected chi connectivity index (χ0v) is 17.4. The Balaban J connectivity index is 1.65. The average Bonchev–Trinajstić information content (AvgIpc) is 3.12. The summed E-state index contributed by atoms with van der Waals surface area (Å²) in [6.07, 6.45) is 1.42. The Hall–Kier alpha value is -2.46. The van der Waals surface area contributed by atoms with Crippen LogP contribution in [0, 0.1) is 11.8 Å². The van der Waals surface area contributed by atoms with Crippen LogP contribution in [-0.4, -0.2) is 23.9 Å². The maximum atomic E-state index is 10.5. The SMILES string of the molecule is COc1cc(-c2cc3ccccc3o2)cc2c1[C@H]1C[C@@H](C)[C@H](O)C[C@@H]1C(C)(C)O2. The van der Waals surface area contributed by atoms with E-state index in [1.807, 2.05) is 18.2 Å². The number of hydrogen-bond donors (Lipinski definition) is 1. The van der Waals surface area contributed by atoms with Crippen LogP contribution in [0.4, 0.5) is 0 Å². The van der Waals surface area contributed by atoms with E-state index in [-0.39, 0.29) is 23.5 Å². The number of para-hydroxylation sites is 1. The molecular formula is C25H28O4. The quantitative estimate of drug-likeness (QED) is 0.601. The highest BCUT2D eigenvalue weighted by molar-refractivity contribution is 5.83. The van der Waals surface area contributed by atoms with Gasteiger partial charge in [-0.1, -0.05) is 25.1 Å². The van der Waals surface area contributed by atoms with Crippen molar-refractivity contribution in [2.75, 3.05) is 7.11 Å². The van der Waals surface area contributed by atoms with Gasteiger partial charge in [-0.3, -0.25) is 0 Å². The van der Waals surface area contributed by atoms with E-state index in [0.717, 1.165) is 52.2 Å². The van der Waals surface area contributed by atoms with Gasteiger partial charge < -0.3 is 19.0 Å². The van der Waals surface area contributed by atoms with Crippen LogP contribution in [0.15, 0.2) is 46.9 Å². The van der Waals surface area contributed by atoms with E-state index >= 15 is 0 Å². The van der Waals surface area contributed by atoms with Crippen molar-refractivity contribution in [1.29, 1.82) is 0 Å². The van der Waals surface area contributed by atoms with Crippen LogP contribution in [0.25, 0.3) is 22.3 Å². The molecule has 0 saturated heterocycles. The molecule has 2 heterocycles. The normalized spacial score (nSPS) is 27.8. The number of benzene rings is 2. The zero-order chi connectivity index (χ0) is 20.3. The Morgan fingerprint density at radius 3 is 2.66 bits per heavy atom. The molecule has 4 heteroatoms. The summed E-state index contributed by atoms with van der Waals surface area (Å²) in [6.45, 7) is 6.41. The van der Waals surface area contributed by atoms with Gasteiger partial charge in [0.1, 0.15) is 28.4 Å². The molecule has 0 radical (unpaired) electrons. The molecule has 2 aromatic carbocycles. The number of rotatable bonds is 2. The first kappa shape index (κ1) is 18.6. The van der Waals surface area contributed by atoms with Crippen molar-refractivity contribution in [3.63, 3.8) is 0 Å². The third kappa shape index (κ3) is 2.93. The summed E-state index contributed by atoms with van der Waals surface area (Å²) in [5, 5.41) is 11.6. The van der Waals surface area contributed by atoms with Crippen molar-refractivity contribution < 1.29 is 19.0 Å². The monoisotopic (exact) mass is 392 g/mol. The first-order chi connectivity index (χ1) is 13.9. The lowest BCUT2D eigenvalue weighted by atomic mass is 9.63. The van der Waals surface area contributed by atoms with Gasteiger partial charge in [-0.05, 0) is 62.8 Å². The van der Waals surface area contributed by atoms with Gasteiger partial charge in [-0.2, -0.15) is 0 Å². The predicted molar refractivity (Wildman–Crippen MR) is 114 cm³/mol. The lowest BCUT2D eigenvalue weighted by Gasteiger charge is -2.50. The Labute approximate surface area is 171 Å². The molecule has 4 atom stereocenters. The van der Waals surface area contributed by atoms with E-state index in [9.17, 15) is 5.11 Å². The molecule has 1 aliphatic carbocycles. The fourth-order valence-corrected chi connectivity index (χ4v) is 5.31. The van der Waals surface area contributed by atoms with Crippen molar-refractivity contribution in [3.8, 4) is 22.8 Å². The molecule has 0 unspecified atom stereocenters. The van der Waals surface area contributed by atoms with E-state index < -0.39 is 0 Å². The Morgan fingerprint density at radius 1 is 1.10 bits per heavy atom. The number of ether oxygens (including phenoxy) is 2. The molecule has 0 amide bonds. The maximum Gasteiger partial charge on any atom is 0.135 e. The summed E-state index contributed by atoms with van der Waals surface area (Å²) in [7, 11) is 1.72. The molecular weight excluding hydrogens is 364 g/mol. The van der Waals surface area contributed by atoms with Gasteiger partial charge in [-0.25, -0.2) is 0 Å². The third-order valence-corrected chi connectivity index (χ3v) is 6.93. The number of fused-ring (bicyclic) bond motifs is 4. The van der Waals surface area contributed by atoms with E-state index in [1.54, 1.807) is 7.11 Å². The molecule has 3 aromatic rings. The van der Waals surface area contributed by atoms with Crippen molar-refractivity contribution in [1.82, 2.24) is 0 Å². The predicted octanol–water partition coefficient (Wildman–Crippen LogP) is 5.77. The molecule has 1 fully saturated rings. The highest BCUT2D eigenvalue weighted by Crippen LogP contribution is 2.56. The van der Waals surface area contributed by atoms with Crippen LogP contribution in [-0.2, 0) is 0 Å². The lowest BCUT2D eigenvalue weighted by molar-refractivity contribution is -0.0565. The molecule has 4 nitrogen and oxygen atoms in total. The van der Waals surface area contributed by atoms with Gasteiger partial charge in [0.25, 0.3) is 0 Å². The first-order valence-electron chi connectivity index (χ1n) is 10.5. The van der Waals surface area contributed by atoms with Gasteiger partial charge in [0.05, 0.1) is 13.2 Å². The fourth-order valence-electron chi connectivity index (χ4n) is 5.31. The molecule has 29 heavy (non-hydrogen) atoms. The second-order valence-electron chi connectivity index (χ2n) is 9.17. The zero-order valence-electron chi connectivity index (χ0n) is 17.4. The molecule has 1 saturated carbocycles. The number of aliphatic hydroxyl groups is 1. The molecule has 0 bridgehead atoms. The summed E-state index contributed by atoms with van der Waals surface area (Å²) < 4.78 is 18.5. The van der Waals surface area contributed by atoms with Crippen LogP contribution in [0.5, 0.6) is 11.5 Å². The van der Waals surface area contributed by atoms with Crippen molar-refractivity contribution >= 4 is 11.0 Å². The third-order valence-electron chi connectivity index (χ3n) is 6.93.